The maximum absolute atomic E-state index is 13.3. The average molecular weight is 461 g/mol. The smallest absolute Gasteiger partial charge is 0.294 e. The standard InChI is InChI=1S/C27H28N2O5/c1-16(2)13-23(30)24-25(21-8-6-5-7-19(21)14-33-4)29(27(32)26(24)31)20-11-9-18(10-12-20)22-15-34-17(3)28-22/h5-12,15-16,25,31H,13-14H2,1-4H3. The number of methoxy groups -OCH3 is 1. The second-order valence-electron chi connectivity index (χ2n) is 8.79. The Morgan fingerprint density at radius 2 is 1.88 bits per heavy atom. The van der Waals surface area contributed by atoms with E-state index in [0.29, 0.717) is 23.9 Å². The molecule has 1 amide bonds. The molecule has 0 bridgehead atoms. The van der Waals surface area contributed by atoms with Gasteiger partial charge in [-0.3, -0.25) is 14.5 Å². The molecule has 1 aliphatic rings. The number of Topliss-reactive ketones (excluding diaryl/α,β-unsaturated/α-hetero) is 1. The third kappa shape index (κ3) is 4.39. The summed E-state index contributed by atoms with van der Waals surface area (Å²) in [5.74, 6) is -0.702. The monoisotopic (exact) mass is 460 g/mol. The second kappa shape index (κ2) is 9.65. The Labute approximate surface area is 198 Å². The highest BCUT2D eigenvalue weighted by molar-refractivity contribution is 6.16. The lowest BCUT2D eigenvalue weighted by molar-refractivity contribution is -0.118. The number of hydrogen-bond donors (Lipinski definition) is 1. The van der Waals surface area contributed by atoms with Gasteiger partial charge in [0.05, 0.1) is 18.2 Å². The lowest BCUT2D eigenvalue weighted by atomic mass is 9.89. The van der Waals surface area contributed by atoms with E-state index in [2.05, 4.69) is 4.98 Å². The van der Waals surface area contributed by atoms with Crippen molar-refractivity contribution >= 4 is 17.4 Å². The van der Waals surface area contributed by atoms with Crippen LogP contribution in [0.2, 0.25) is 0 Å². The quantitative estimate of drug-likeness (QED) is 0.490. The van der Waals surface area contributed by atoms with E-state index in [1.165, 1.54) is 4.90 Å². The fraction of sp³-hybridized carbons (Fsp3) is 0.296. The maximum Gasteiger partial charge on any atom is 0.294 e. The zero-order valence-electron chi connectivity index (χ0n) is 19.7. The maximum atomic E-state index is 13.3. The molecule has 0 aliphatic carbocycles. The van der Waals surface area contributed by atoms with Gasteiger partial charge in [0.2, 0.25) is 0 Å². The van der Waals surface area contributed by atoms with E-state index < -0.39 is 17.7 Å². The third-order valence-electron chi connectivity index (χ3n) is 5.81. The molecule has 0 saturated carbocycles. The van der Waals surface area contributed by atoms with Crippen LogP contribution < -0.4 is 4.90 Å². The number of carbonyl (C=O) groups is 2. The molecule has 1 atom stereocenters. The first-order valence-corrected chi connectivity index (χ1v) is 11.2. The number of rotatable bonds is 8. The summed E-state index contributed by atoms with van der Waals surface area (Å²) in [5, 5.41) is 10.9. The molecule has 0 radical (unpaired) electrons. The van der Waals surface area contributed by atoms with Gasteiger partial charge in [-0.05, 0) is 29.2 Å². The molecule has 3 aromatic rings. The Bertz CT molecular complexity index is 1240. The third-order valence-corrected chi connectivity index (χ3v) is 5.81. The van der Waals surface area contributed by atoms with E-state index >= 15 is 0 Å². The number of aliphatic hydroxyl groups excluding tert-OH is 1. The number of anilines is 1. The van der Waals surface area contributed by atoms with Gasteiger partial charge in [0.15, 0.2) is 17.4 Å². The van der Waals surface area contributed by atoms with Gasteiger partial charge in [0.25, 0.3) is 5.91 Å². The van der Waals surface area contributed by atoms with E-state index in [1.54, 1.807) is 32.4 Å². The fourth-order valence-corrected chi connectivity index (χ4v) is 4.31. The summed E-state index contributed by atoms with van der Waals surface area (Å²) in [4.78, 5) is 32.4. The lowest BCUT2D eigenvalue weighted by Gasteiger charge is -2.28. The summed E-state index contributed by atoms with van der Waals surface area (Å²) >= 11 is 0. The number of ether oxygens (including phenoxy) is 1. The molecule has 0 fully saturated rings. The van der Waals surface area contributed by atoms with E-state index in [4.69, 9.17) is 9.15 Å². The number of aryl methyl sites for hydroxylation is 1. The summed E-state index contributed by atoms with van der Waals surface area (Å²) in [5.41, 5.74) is 3.78. The molecule has 2 aromatic carbocycles. The van der Waals surface area contributed by atoms with Crippen LogP contribution in [0.1, 0.15) is 43.3 Å². The van der Waals surface area contributed by atoms with Gasteiger partial charge in [-0.1, -0.05) is 50.2 Å². The zero-order chi connectivity index (χ0) is 24.4. The van der Waals surface area contributed by atoms with Crippen LogP contribution in [0, 0.1) is 12.8 Å². The van der Waals surface area contributed by atoms with Crippen LogP contribution in [0.3, 0.4) is 0 Å². The molecule has 4 rings (SSSR count). The van der Waals surface area contributed by atoms with Crippen LogP contribution in [-0.4, -0.2) is 28.9 Å². The highest BCUT2D eigenvalue weighted by Crippen LogP contribution is 2.43. The van der Waals surface area contributed by atoms with Crippen molar-refractivity contribution in [2.24, 2.45) is 5.92 Å². The van der Waals surface area contributed by atoms with Gasteiger partial charge in [-0.2, -0.15) is 0 Å². The predicted octanol–water partition coefficient (Wildman–Crippen LogP) is 5.31. The number of ketones is 1. The number of aromatic nitrogens is 1. The van der Waals surface area contributed by atoms with Crippen molar-refractivity contribution in [3.63, 3.8) is 0 Å². The molecular weight excluding hydrogens is 432 g/mol. The number of hydrogen-bond acceptors (Lipinski definition) is 6. The number of oxazole rings is 1. The van der Waals surface area contributed by atoms with Crippen LogP contribution >= 0.6 is 0 Å². The van der Waals surface area contributed by atoms with Crippen molar-refractivity contribution in [1.82, 2.24) is 4.98 Å². The summed E-state index contributed by atoms with van der Waals surface area (Å²) in [6.45, 7) is 5.95. The number of amides is 1. The topological polar surface area (TPSA) is 92.9 Å². The SMILES string of the molecule is COCc1ccccc1C1C(C(=O)CC(C)C)=C(O)C(=O)N1c1ccc(-c2coc(C)n2)cc1. The molecule has 0 spiro atoms. The molecule has 176 valence electrons. The van der Waals surface area contributed by atoms with Crippen molar-refractivity contribution in [2.75, 3.05) is 12.0 Å². The minimum atomic E-state index is -0.759. The molecule has 1 aromatic heterocycles. The fourth-order valence-electron chi connectivity index (χ4n) is 4.31. The van der Waals surface area contributed by atoms with Gasteiger partial charge in [-0.25, -0.2) is 4.98 Å². The largest absolute Gasteiger partial charge is 0.503 e. The van der Waals surface area contributed by atoms with E-state index in [1.807, 2.05) is 50.2 Å². The van der Waals surface area contributed by atoms with Crippen LogP contribution in [0.5, 0.6) is 0 Å². The van der Waals surface area contributed by atoms with Crippen LogP contribution in [0.25, 0.3) is 11.3 Å². The van der Waals surface area contributed by atoms with Crippen molar-refractivity contribution < 1.29 is 23.8 Å². The number of carbonyl (C=O) groups excluding carboxylic acids is 2. The molecule has 0 saturated heterocycles. The van der Waals surface area contributed by atoms with Gasteiger partial charge >= 0.3 is 0 Å². The van der Waals surface area contributed by atoms with Crippen molar-refractivity contribution in [2.45, 2.75) is 39.8 Å². The van der Waals surface area contributed by atoms with Crippen molar-refractivity contribution in [3.8, 4) is 11.3 Å². The average Bonchev–Trinajstić information content (AvgIpc) is 3.35. The van der Waals surface area contributed by atoms with Crippen molar-refractivity contribution in [1.29, 1.82) is 0 Å². The highest BCUT2D eigenvalue weighted by Gasteiger charge is 2.44. The van der Waals surface area contributed by atoms with E-state index in [0.717, 1.165) is 16.7 Å². The molecule has 1 N–H and O–H groups in total. The Hall–Kier alpha value is -3.71. The second-order valence-corrected chi connectivity index (χ2v) is 8.79. The predicted molar refractivity (Wildman–Crippen MR) is 128 cm³/mol. The van der Waals surface area contributed by atoms with E-state index in [9.17, 15) is 14.7 Å². The molecular formula is C27H28N2O5. The van der Waals surface area contributed by atoms with Gasteiger partial charge in [0.1, 0.15) is 12.0 Å². The van der Waals surface area contributed by atoms with Gasteiger partial charge in [-0.15, -0.1) is 0 Å². The summed E-state index contributed by atoms with van der Waals surface area (Å²) < 4.78 is 10.7. The molecule has 1 unspecified atom stereocenters. The summed E-state index contributed by atoms with van der Waals surface area (Å²) in [7, 11) is 1.59. The molecule has 1 aliphatic heterocycles. The zero-order valence-corrected chi connectivity index (χ0v) is 19.7. The molecule has 7 heteroatoms. The summed E-state index contributed by atoms with van der Waals surface area (Å²) in [6.07, 6.45) is 1.80. The van der Waals surface area contributed by atoms with E-state index in [-0.39, 0.29) is 23.7 Å². The highest BCUT2D eigenvalue weighted by atomic mass is 16.5. The first-order chi connectivity index (χ1) is 16.3. The molecule has 34 heavy (non-hydrogen) atoms. The van der Waals surface area contributed by atoms with Gasteiger partial charge in [0, 0.05) is 31.7 Å². The van der Waals surface area contributed by atoms with Crippen LogP contribution in [0.4, 0.5) is 5.69 Å². The Morgan fingerprint density at radius 3 is 2.50 bits per heavy atom. The lowest BCUT2D eigenvalue weighted by Crippen LogP contribution is -2.31. The van der Waals surface area contributed by atoms with Crippen molar-refractivity contribution in [3.05, 3.63) is 83.1 Å². The first kappa shape index (κ1) is 23.4. The van der Waals surface area contributed by atoms with Crippen LogP contribution in [-0.2, 0) is 20.9 Å². The Kier molecular flexibility index (Phi) is 6.65. The Morgan fingerprint density at radius 1 is 1.18 bits per heavy atom. The normalized spacial score (nSPS) is 16.1. The minimum absolute atomic E-state index is 0.0806. The Balaban J connectivity index is 1.81. The van der Waals surface area contributed by atoms with Gasteiger partial charge < -0.3 is 14.3 Å². The number of nitrogens with zero attached hydrogens (tertiary/aromatic N) is 2. The molecule has 7 nitrogen and oxygen atoms in total. The number of benzene rings is 2. The molecule has 2 heterocycles. The summed E-state index contributed by atoms with van der Waals surface area (Å²) in [6, 6.07) is 14.0. The number of aliphatic hydroxyl groups is 1. The first-order valence-electron chi connectivity index (χ1n) is 11.2. The minimum Gasteiger partial charge on any atom is -0.503 e. The van der Waals surface area contributed by atoms with Crippen LogP contribution in [0.15, 0.2) is 70.5 Å².